The number of aliphatic hydroxyl groups is 1. The summed E-state index contributed by atoms with van der Waals surface area (Å²) in [7, 11) is 3.27. The molecule has 156 valence electrons. The molecule has 0 spiro atoms. The Kier molecular flexibility index (Phi) is 13.2. The number of aliphatic imine (C=N–C) groups is 1. The Bertz CT molecular complexity index is 561. The smallest absolute Gasteiger partial charge is 0.191 e. The summed E-state index contributed by atoms with van der Waals surface area (Å²) in [6.07, 6.45) is 3.46. The van der Waals surface area contributed by atoms with Crippen LogP contribution in [0.25, 0.3) is 0 Å². The molecular formula is C20H36IN3O3. The summed E-state index contributed by atoms with van der Waals surface area (Å²) in [5, 5.41) is 17.3. The Morgan fingerprint density at radius 1 is 1.07 bits per heavy atom. The van der Waals surface area contributed by atoms with Crippen molar-refractivity contribution in [2.45, 2.75) is 58.6 Å². The number of hydrogen-bond donors (Lipinski definition) is 3. The highest BCUT2D eigenvalue weighted by Gasteiger charge is 2.24. The molecule has 0 heterocycles. The van der Waals surface area contributed by atoms with Gasteiger partial charge in [-0.3, -0.25) is 0 Å². The Balaban J connectivity index is 0.00000676. The van der Waals surface area contributed by atoms with Gasteiger partial charge in [-0.25, -0.2) is 4.99 Å². The molecule has 0 saturated carbocycles. The molecule has 1 rings (SSSR count). The van der Waals surface area contributed by atoms with Crippen LogP contribution < -0.4 is 20.1 Å². The van der Waals surface area contributed by atoms with Gasteiger partial charge in [0.1, 0.15) is 11.5 Å². The van der Waals surface area contributed by atoms with Gasteiger partial charge in [-0.2, -0.15) is 0 Å². The van der Waals surface area contributed by atoms with Crippen molar-refractivity contribution in [2.24, 2.45) is 4.99 Å². The van der Waals surface area contributed by atoms with Crippen molar-refractivity contribution < 1.29 is 14.6 Å². The molecule has 0 amide bonds. The van der Waals surface area contributed by atoms with Crippen molar-refractivity contribution in [3.8, 4) is 11.5 Å². The number of halogens is 1. The maximum atomic E-state index is 10.8. The molecule has 0 fully saturated rings. The van der Waals surface area contributed by atoms with Gasteiger partial charge in [-0.05, 0) is 31.9 Å². The van der Waals surface area contributed by atoms with Crippen molar-refractivity contribution in [1.29, 1.82) is 0 Å². The first-order chi connectivity index (χ1) is 12.5. The van der Waals surface area contributed by atoms with E-state index in [1.54, 1.807) is 14.2 Å². The Morgan fingerprint density at radius 2 is 1.74 bits per heavy atom. The number of hydrogen-bond acceptors (Lipinski definition) is 4. The number of nitrogens with zero attached hydrogens (tertiary/aromatic N) is 1. The predicted octanol–water partition coefficient (Wildman–Crippen LogP) is 3.71. The summed E-state index contributed by atoms with van der Waals surface area (Å²) in [5.74, 6) is 2.19. The average molecular weight is 493 g/mol. The third-order valence-electron chi connectivity index (χ3n) is 4.26. The van der Waals surface area contributed by atoms with Crippen molar-refractivity contribution in [3.63, 3.8) is 0 Å². The van der Waals surface area contributed by atoms with Gasteiger partial charge in [0.15, 0.2) is 5.96 Å². The van der Waals surface area contributed by atoms with Gasteiger partial charge in [-0.1, -0.05) is 26.7 Å². The largest absolute Gasteiger partial charge is 0.497 e. The number of rotatable bonds is 11. The van der Waals surface area contributed by atoms with Crippen LogP contribution in [0, 0.1) is 0 Å². The lowest BCUT2D eigenvalue weighted by molar-refractivity contribution is 0.0257. The molecule has 0 aliphatic carbocycles. The van der Waals surface area contributed by atoms with Crippen molar-refractivity contribution >= 4 is 29.9 Å². The first kappa shape index (κ1) is 25.8. The monoisotopic (exact) mass is 493 g/mol. The molecule has 3 N–H and O–H groups in total. The molecule has 7 heteroatoms. The zero-order valence-electron chi connectivity index (χ0n) is 17.3. The van der Waals surface area contributed by atoms with Crippen LogP contribution in [0.4, 0.5) is 0 Å². The van der Waals surface area contributed by atoms with Crippen LogP contribution in [-0.2, 0) is 6.54 Å². The molecule has 0 radical (unpaired) electrons. The molecule has 0 aliphatic heterocycles. The lowest BCUT2D eigenvalue weighted by atomic mass is 9.93. The molecule has 0 saturated heterocycles. The van der Waals surface area contributed by atoms with E-state index < -0.39 is 5.60 Å². The van der Waals surface area contributed by atoms with Gasteiger partial charge >= 0.3 is 0 Å². The summed E-state index contributed by atoms with van der Waals surface area (Å²) >= 11 is 0. The minimum atomic E-state index is -0.697. The van der Waals surface area contributed by atoms with E-state index >= 15 is 0 Å². The summed E-state index contributed by atoms with van der Waals surface area (Å²) in [5.41, 5.74) is 0.278. The quantitative estimate of drug-likeness (QED) is 0.249. The molecule has 27 heavy (non-hydrogen) atoms. The standard InChI is InChI=1S/C20H35N3O3.HI/c1-6-11-20(24,12-7-2)15-23-19(21-8-3)22-14-16-9-10-17(25-4)13-18(16)26-5;/h9-10,13,24H,6-8,11-12,14-15H2,1-5H3,(H2,21,22,23);1H. The zero-order chi connectivity index (χ0) is 19.4. The molecule has 0 atom stereocenters. The summed E-state index contributed by atoms with van der Waals surface area (Å²) in [6, 6.07) is 5.71. The molecule has 0 bridgehead atoms. The van der Waals surface area contributed by atoms with Gasteiger partial charge in [0, 0.05) is 24.7 Å². The first-order valence-corrected chi connectivity index (χ1v) is 9.47. The fraction of sp³-hybridized carbons (Fsp3) is 0.650. The van der Waals surface area contributed by atoms with E-state index in [1.165, 1.54) is 0 Å². The van der Waals surface area contributed by atoms with Gasteiger partial charge in [-0.15, -0.1) is 24.0 Å². The van der Waals surface area contributed by atoms with Crippen LogP contribution in [0.3, 0.4) is 0 Å². The molecule has 0 aliphatic rings. The zero-order valence-corrected chi connectivity index (χ0v) is 19.6. The highest BCUT2D eigenvalue weighted by Crippen LogP contribution is 2.25. The Hall–Kier alpha value is -1.22. The van der Waals surface area contributed by atoms with E-state index in [1.807, 2.05) is 25.1 Å². The lowest BCUT2D eigenvalue weighted by Gasteiger charge is -2.28. The molecule has 6 nitrogen and oxygen atoms in total. The second kappa shape index (κ2) is 13.9. The maximum absolute atomic E-state index is 10.8. The SMILES string of the molecule is CCCC(O)(CCC)CNC(=NCc1ccc(OC)cc1OC)NCC.I. The van der Waals surface area contributed by atoms with Crippen LogP contribution in [-0.4, -0.2) is 44.0 Å². The van der Waals surface area contributed by atoms with Crippen LogP contribution >= 0.6 is 24.0 Å². The first-order valence-electron chi connectivity index (χ1n) is 9.47. The number of benzene rings is 1. The summed E-state index contributed by atoms with van der Waals surface area (Å²) in [4.78, 5) is 4.63. The molecule has 1 aromatic carbocycles. The Morgan fingerprint density at radius 3 is 2.26 bits per heavy atom. The van der Waals surface area contributed by atoms with E-state index in [2.05, 4.69) is 29.5 Å². The van der Waals surface area contributed by atoms with Crippen LogP contribution in [0.5, 0.6) is 11.5 Å². The van der Waals surface area contributed by atoms with E-state index in [4.69, 9.17) is 9.47 Å². The van der Waals surface area contributed by atoms with Crippen molar-refractivity contribution in [2.75, 3.05) is 27.3 Å². The Labute approximate surface area is 181 Å². The second-order valence-electron chi connectivity index (χ2n) is 6.45. The van der Waals surface area contributed by atoms with Gasteiger partial charge < -0.3 is 25.2 Å². The van der Waals surface area contributed by atoms with E-state index in [9.17, 15) is 5.11 Å². The fourth-order valence-corrected chi connectivity index (χ4v) is 2.97. The van der Waals surface area contributed by atoms with Crippen molar-refractivity contribution in [3.05, 3.63) is 23.8 Å². The maximum Gasteiger partial charge on any atom is 0.191 e. The van der Waals surface area contributed by atoms with Gasteiger partial charge in [0.25, 0.3) is 0 Å². The molecule has 1 aromatic rings. The highest BCUT2D eigenvalue weighted by molar-refractivity contribution is 14.0. The number of nitrogens with one attached hydrogen (secondary N) is 2. The minimum absolute atomic E-state index is 0. The predicted molar refractivity (Wildman–Crippen MR) is 123 cm³/mol. The van der Waals surface area contributed by atoms with Crippen LogP contribution in [0.1, 0.15) is 52.0 Å². The molecule has 0 unspecified atom stereocenters. The topological polar surface area (TPSA) is 75.1 Å². The van der Waals surface area contributed by atoms with Crippen LogP contribution in [0.2, 0.25) is 0 Å². The fourth-order valence-electron chi connectivity index (χ4n) is 2.97. The van der Waals surface area contributed by atoms with Gasteiger partial charge in [0.05, 0.1) is 26.4 Å². The molecular weight excluding hydrogens is 457 g/mol. The van der Waals surface area contributed by atoms with Crippen molar-refractivity contribution in [1.82, 2.24) is 10.6 Å². The summed E-state index contributed by atoms with van der Waals surface area (Å²) in [6.45, 7) is 7.93. The van der Waals surface area contributed by atoms with E-state index in [0.29, 0.717) is 19.0 Å². The van der Waals surface area contributed by atoms with E-state index in [0.717, 1.165) is 49.3 Å². The highest BCUT2D eigenvalue weighted by atomic mass is 127. The lowest BCUT2D eigenvalue weighted by Crippen LogP contribution is -2.47. The van der Waals surface area contributed by atoms with Gasteiger partial charge in [0.2, 0.25) is 0 Å². The third-order valence-corrected chi connectivity index (χ3v) is 4.26. The second-order valence-corrected chi connectivity index (χ2v) is 6.45. The number of ether oxygens (including phenoxy) is 2. The molecule has 0 aromatic heterocycles. The minimum Gasteiger partial charge on any atom is -0.497 e. The summed E-state index contributed by atoms with van der Waals surface area (Å²) < 4.78 is 10.7. The average Bonchev–Trinajstić information content (AvgIpc) is 2.64. The van der Waals surface area contributed by atoms with E-state index in [-0.39, 0.29) is 24.0 Å². The number of guanidine groups is 1. The normalized spacial score (nSPS) is 11.6. The van der Waals surface area contributed by atoms with Crippen LogP contribution in [0.15, 0.2) is 23.2 Å². The number of methoxy groups -OCH3 is 2. The third kappa shape index (κ3) is 9.01.